The van der Waals surface area contributed by atoms with Crippen LogP contribution in [0.25, 0.3) is 22.2 Å². The van der Waals surface area contributed by atoms with Gasteiger partial charge in [-0.25, -0.2) is 0 Å². The zero-order valence-corrected chi connectivity index (χ0v) is 9.94. The molecule has 3 aromatic rings. The molecule has 0 spiro atoms. The standard InChI is InChI=1S/C13H8BrNO/c14-11-3-1-9(2-4-11)12-7-13-10(8-15-12)5-6-16-13/h1-8H. The summed E-state index contributed by atoms with van der Waals surface area (Å²) >= 11 is 3.41. The summed E-state index contributed by atoms with van der Waals surface area (Å²) in [6, 6.07) is 11.9. The number of hydrogen-bond donors (Lipinski definition) is 0. The van der Waals surface area contributed by atoms with Crippen molar-refractivity contribution in [3.05, 3.63) is 53.3 Å². The summed E-state index contributed by atoms with van der Waals surface area (Å²) in [4.78, 5) is 4.40. The smallest absolute Gasteiger partial charge is 0.137 e. The molecule has 3 heteroatoms. The van der Waals surface area contributed by atoms with Gasteiger partial charge in [-0.15, -0.1) is 0 Å². The van der Waals surface area contributed by atoms with Gasteiger partial charge in [0.1, 0.15) is 5.58 Å². The molecular weight excluding hydrogens is 266 g/mol. The Labute approximate surface area is 101 Å². The van der Waals surface area contributed by atoms with Crippen LogP contribution < -0.4 is 0 Å². The molecule has 0 saturated carbocycles. The first-order chi connectivity index (χ1) is 7.83. The molecule has 16 heavy (non-hydrogen) atoms. The quantitative estimate of drug-likeness (QED) is 0.662. The second-order valence-corrected chi connectivity index (χ2v) is 4.45. The summed E-state index contributed by atoms with van der Waals surface area (Å²) in [6.07, 6.45) is 3.51. The van der Waals surface area contributed by atoms with Crippen LogP contribution in [0.3, 0.4) is 0 Å². The molecule has 0 aliphatic rings. The molecule has 0 radical (unpaired) electrons. The van der Waals surface area contributed by atoms with E-state index >= 15 is 0 Å². The minimum absolute atomic E-state index is 0.868. The first kappa shape index (κ1) is 9.60. The SMILES string of the molecule is Brc1ccc(-c2cc3occc3cn2)cc1. The van der Waals surface area contributed by atoms with Crippen LogP contribution >= 0.6 is 15.9 Å². The lowest BCUT2D eigenvalue weighted by Gasteiger charge is -2.00. The van der Waals surface area contributed by atoms with E-state index in [4.69, 9.17) is 4.42 Å². The molecule has 0 atom stereocenters. The highest BCUT2D eigenvalue weighted by Gasteiger charge is 2.02. The molecule has 1 aromatic carbocycles. The van der Waals surface area contributed by atoms with Crippen LogP contribution in [-0.2, 0) is 0 Å². The zero-order valence-electron chi connectivity index (χ0n) is 8.35. The maximum atomic E-state index is 5.35. The van der Waals surface area contributed by atoms with Gasteiger partial charge in [0.05, 0.1) is 12.0 Å². The van der Waals surface area contributed by atoms with E-state index in [1.807, 2.05) is 42.6 Å². The Hall–Kier alpha value is -1.61. The first-order valence-electron chi connectivity index (χ1n) is 4.92. The monoisotopic (exact) mass is 273 g/mol. The lowest BCUT2D eigenvalue weighted by molar-refractivity contribution is 0.615. The summed E-state index contributed by atoms with van der Waals surface area (Å²) < 4.78 is 6.42. The summed E-state index contributed by atoms with van der Waals surface area (Å²) in [5.41, 5.74) is 2.88. The molecular formula is C13H8BrNO. The van der Waals surface area contributed by atoms with Gasteiger partial charge in [0.25, 0.3) is 0 Å². The van der Waals surface area contributed by atoms with Crippen LogP contribution in [0, 0.1) is 0 Å². The van der Waals surface area contributed by atoms with E-state index in [0.29, 0.717) is 0 Å². The van der Waals surface area contributed by atoms with Crippen molar-refractivity contribution < 1.29 is 4.42 Å². The maximum Gasteiger partial charge on any atom is 0.137 e. The van der Waals surface area contributed by atoms with Gasteiger partial charge in [-0.1, -0.05) is 28.1 Å². The molecule has 0 N–H and O–H groups in total. The van der Waals surface area contributed by atoms with Gasteiger partial charge in [-0.3, -0.25) is 4.98 Å². The van der Waals surface area contributed by atoms with Gasteiger partial charge in [-0.05, 0) is 18.2 Å². The lowest BCUT2D eigenvalue weighted by atomic mass is 10.1. The number of fused-ring (bicyclic) bond motifs is 1. The average Bonchev–Trinajstić information content (AvgIpc) is 2.77. The largest absolute Gasteiger partial charge is 0.464 e. The van der Waals surface area contributed by atoms with Gasteiger partial charge in [0.15, 0.2) is 0 Å². The summed E-state index contributed by atoms with van der Waals surface area (Å²) in [5, 5.41) is 1.03. The fourth-order valence-electron chi connectivity index (χ4n) is 1.63. The Bertz CT molecular complexity index is 628. The molecule has 2 heterocycles. The van der Waals surface area contributed by atoms with Crippen LogP contribution in [-0.4, -0.2) is 4.98 Å². The van der Waals surface area contributed by atoms with E-state index in [1.165, 1.54) is 0 Å². The highest BCUT2D eigenvalue weighted by atomic mass is 79.9. The number of aromatic nitrogens is 1. The summed E-state index contributed by atoms with van der Waals surface area (Å²) in [6.45, 7) is 0. The normalized spacial score (nSPS) is 10.8. The van der Waals surface area contributed by atoms with Crippen LogP contribution in [0.4, 0.5) is 0 Å². The molecule has 0 aliphatic heterocycles. The number of nitrogens with zero attached hydrogens (tertiary/aromatic N) is 1. The van der Waals surface area contributed by atoms with Crippen molar-refractivity contribution in [2.45, 2.75) is 0 Å². The molecule has 2 nitrogen and oxygen atoms in total. The number of benzene rings is 1. The molecule has 0 amide bonds. The Balaban J connectivity index is 2.14. The van der Waals surface area contributed by atoms with Crippen molar-refractivity contribution in [2.75, 3.05) is 0 Å². The number of rotatable bonds is 1. The second-order valence-electron chi connectivity index (χ2n) is 3.53. The van der Waals surface area contributed by atoms with Crippen LogP contribution in [0.15, 0.2) is 57.7 Å². The summed E-state index contributed by atoms with van der Waals surface area (Å²) in [7, 11) is 0. The minimum Gasteiger partial charge on any atom is -0.464 e. The van der Waals surface area contributed by atoms with Crippen molar-refractivity contribution in [2.24, 2.45) is 0 Å². The Morgan fingerprint density at radius 2 is 1.88 bits per heavy atom. The predicted octanol–water partition coefficient (Wildman–Crippen LogP) is 4.26. The second kappa shape index (κ2) is 3.76. The average molecular weight is 274 g/mol. The van der Waals surface area contributed by atoms with Crippen molar-refractivity contribution >= 4 is 26.9 Å². The fraction of sp³-hybridized carbons (Fsp3) is 0. The Morgan fingerprint density at radius 3 is 2.69 bits per heavy atom. The molecule has 78 valence electrons. The third kappa shape index (κ3) is 1.63. The van der Waals surface area contributed by atoms with Crippen LogP contribution in [0.5, 0.6) is 0 Å². The van der Waals surface area contributed by atoms with Crippen molar-refractivity contribution in [3.8, 4) is 11.3 Å². The van der Waals surface area contributed by atoms with Gasteiger partial charge in [-0.2, -0.15) is 0 Å². The molecule has 2 aromatic heterocycles. The molecule has 0 fully saturated rings. The van der Waals surface area contributed by atoms with Crippen LogP contribution in [0.1, 0.15) is 0 Å². The predicted molar refractivity (Wildman–Crippen MR) is 67.1 cm³/mol. The fourth-order valence-corrected chi connectivity index (χ4v) is 1.90. The highest BCUT2D eigenvalue weighted by Crippen LogP contribution is 2.23. The maximum absolute atomic E-state index is 5.35. The van der Waals surface area contributed by atoms with Crippen molar-refractivity contribution in [1.82, 2.24) is 4.98 Å². The molecule has 0 bridgehead atoms. The minimum atomic E-state index is 0.868. The Morgan fingerprint density at radius 1 is 1.06 bits per heavy atom. The topological polar surface area (TPSA) is 26.0 Å². The van der Waals surface area contributed by atoms with Gasteiger partial charge < -0.3 is 4.42 Å². The summed E-state index contributed by atoms with van der Waals surface area (Å²) in [5.74, 6) is 0. The highest BCUT2D eigenvalue weighted by molar-refractivity contribution is 9.10. The third-order valence-electron chi connectivity index (χ3n) is 2.48. The Kier molecular flexibility index (Phi) is 2.26. The van der Waals surface area contributed by atoms with E-state index in [2.05, 4.69) is 20.9 Å². The van der Waals surface area contributed by atoms with Crippen molar-refractivity contribution in [1.29, 1.82) is 0 Å². The van der Waals surface area contributed by atoms with Gasteiger partial charge in [0.2, 0.25) is 0 Å². The van der Waals surface area contributed by atoms with Gasteiger partial charge >= 0.3 is 0 Å². The van der Waals surface area contributed by atoms with E-state index in [1.54, 1.807) is 6.26 Å². The number of pyridine rings is 1. The molecule has 0 aliphatic carbocycles. The molecule has 0 unspecified atom stereocenters. The van der Waals surface area contributed by atoms with E-state index in [9.17, 15) is 0 Å². The van der Waals surface area contributed by atoms with E-state index < -0.39 is 0 Å². The van der Waals surface area contributed by atoms with Gasteiger partial charge in [0, 0.05) is 27.7 Å². The number of hydrogen-bond acceptors (Lipinski definition) is 2. The van der Waals surface area contributed by atoms with Crippen molar-refractivity contribution in [3.63, 3.8) is 0 Å². The lowest BCUT2D eigenvalue weighted by Crippen LogP contribution is -1.81. The van der Waals surface area contributed by atoms with E-state index in [0.717, 1.165) is 26.7 Å². The van der Waals surface area contributed by atoms with E-state index in [-0.39, 0.29) is 0 Å². The number of furan rings is 1. The zero-order chi connectivity index (χ0) is 11.0. The van der Waals surface area contributed by atoms with Crippen LogP contribution in [0.2, 0.25) is 0 Å². The molecule has 0 saturated heterocycles. The third-order valence-corrected chi connectivity index (χ3v) is 3.01. The number of halogens is 1. The first-order valence-corrected chi connectivity index (χ1v) is 5.71. The molecule has 3 rings (SSSR count).